The first-order valence-corrected chi connectivity index (χ1v) is 6.00. The van der Waals surface area contributed by atoms with Crippen LogP contribution in [0.4, 0.5) is 0 Å². The average molecular weight is 270 g/mol. The number of benzene rings is 1. The molecule has 3 aromatic rings. The number of hydrogen-bond acceptors (Lipinski definition) is 4. The van der Waals surface area contributed by atoms with Crippen molar-refractivity contribution in [3.05, 3.63) is 65.2 Å². The smallest absolute Gasteiger partial charge is 0.214 e. The molecule has 92 valence electrons. The number of fused-ring (bicyclic) bond motifs is 1. The SMILES string of the molecule is O=C(c1ccc(Cl)nc1)c1cnc2ccccc2n1. The quantitative estimate of drug-likeness (QED) is 0.530. The Morgan fingerprint density at radius 1 is 0.947 bits per heavy atom. The number of carbonyl (C=O) groups excluding carboxylic acids is 1. The summed E-state index contributed by atoms with van der Waals surface area (Å²) in [6, 6.07) is 10.6. The van der Waals surface area contributed by atoms with Crippen LogP contribution in [-0.2, 0) is 0 Å². The molecule has 5 heteroatoms. The number of nitrogens with zero attached hydrogens (tertiary/aromatic N) is 3. The van der Waals surface area contributed by atoms with Crippen molar-refractivity contribution in [3.8, 4) is 0 Å². The minimum atomic E-state index is -0.220. The summed E-state index contributed by atoms with van der Waals surface area (Å²) in [5.41, 5.74) is 2.18. The van der Waals surface area contributed by atoms with Crippen LogP contribution in [-0.4, -0.2) is 20.7 Å². The van der Waals surface area contributed by atoms with E-state index < -0.39 is 0 Å². The van der Waals surface area contributed by atoms with E-state index in [1.165, 1.54) is 12.4 Å². The summed E-state index contributed by atoms with van der Waals surface area (Å²) in [5, 5.41) is 0.348. The van der Waals surface area contributed by atoms with Crippen molar-refractivity contribution in [1.82, 2.24) is 15.0 Å². The van der Waals surface area contributed by atoms with Gasteiger partial charge in [-0.25, -0.2) is 9.97 Å². The van der Waals surface area contributed by atoms with E-state index in [9.17, 15) is 4.79 Å². The molecule has 19 heavy (non-hydrogen) atoms. The Bertz CT molecular complexity index is 756. The van der Waals surface area contributed by atoms with E-state index in [0.717, 1.165) is 5.52 Å². The number of ketones is 1. The maximum atomic E-state index is 12.2. The first-order chi connectivity index (χ1) is 9.24. The van der Waals surface area contributed by atoms with Crippen molar-refractivity contribution in [2.75, 3.05) is 0 Å². The number of aromatic nitrogens is 3. The van der Waals surface area contributed by atoms with Crippen LogP contribution in [0.2, 0.25) is 5.15 Å². The van der Waals surface area contributed by atoms with Gasteiger partial charge in [0.05, 0.1) is 17.2 Å². The number of rotatable bonds is 2. The molecule has 0 aliphatic rings. The van der Waals surface area contributed by atoms with Crippen molar-refractivity contribution in [2.24, 2.45) is 0 Å². The molecule has 0 bridgehead atoms. The van der Waals surface area contributed by atoms with E-state index in [4.69, 9.17) is 11.6 Å². The largest absolute Gasteiger partial charge is 0.287 e. The lowest BCUT2D eigenvalue weighted by atomic mass is 10.1. The van der Waals surface area contributed by atoms with Gasteiger partial charge in [-0.15, -0.1) is 0 Å². The van der Waals surface area contributed by atoms with Crippen LogP contribution in [0.3, 0.4) is 0 Å². The van der Waals surface area contributed by atoms with Crippen LogP contribution in [0.1, 0.15) is 16.1 Å². The molecule has 0 unspecified atom stereocenters. The van der Waals surface area contributed by atoms with Gasteiger partial charge in [0.15, 0.2) is 0 Å². The van der Waals surface area contributed by atoms with E-state index >= 15 is 0 Å². The minimum absolute atomic E-state index is 0.220. The minimum Gasteiger partial charge on any atom is -0.287 e. The van der Waals surface area contributed by atoms with Crippen LogP contribution in [0.15, 0.2) is 48.8 Å². The summed E-state index contributed by atoms with van der Waals surface area (Å²) in [6.45, 7) is 0. The third-order valence-corrected chi connectivity index (χ3v) is 2.89. The predicted molar refractivity (Wildman–Crippen MR) is 72.2 cm³/mol. The molecule has 0 aliphatic heterocycles. The maximum absolute atomic E-state index is 12.2. The molecule has 0 saturated heterocycles. The van der Waals surface area contributed by atoms with Gasteiger partial charge in [-0.1, -0.05) is 23.7 Å². The molecule has 2 aromatic heterocycles. The van der Waals surface area contributed by atoms with E-state index in [-0.39, 0.29) is 5.78 Å². The highest BCUT2D eigenvalue weighted by Gasteiger charge is 2.12. The first kappa shape index (κ1) is 11.7. The molecule has 1 aromatic carbocycles. The fraction of sp³-hybridized carbons (Fsp3) is 0. The molecule has 0 amide bonds. The number of halogens is 1. The Hall–Kier alpha value is -2.33. The Morgan fingerprint density at radius 3 is 2.47 bits per heavy atom. The average Bonchev–Trinajstić information content (AvgIpc) is 2.47. The highest BCUT2D eigenvalue weighted by molar-refractivity contribution is 6.29. The normalized spacial score (nSPS) is 10.6. The molecule has 0 N–H and O–H groups in total. The molecule has 0 aliphatic carbocycles. The van der Waals surface area contributed by atoms with E-state index in [0.29, 0.717) is 21.9 Å². The first-order valence-electron chi connectivity index (χ1n) is 5.62. The zero-order valence-corrected chi connectivity index (χ0v) is 10.5. The second-order valence-corrected chi connectivity index (χ2v) is 4.33. The van der Waals surface area contributed by atoms with Crippen molar-refractivity contribution < 1.29 is 4.79 Å². The molecule has 0 saturated carbocycles. The maximum Gasteiger partial charge on any atom is 0.214 e. The standard InChI is InChI=1S/C14H8ClN3O/c15-13-6-5-9(7-17-13)14(19)12-8-16-10-3-1-2-4-11(10)18-12/h1-8H. The summed E-state index contributed by atoms with van der Waals surface area (Å²) >= 11 is 5.69. The topological polar surface area (TPSA) is 55.7 Å². The molecule has 3 rings (SSSR count). The third kappa shape index (κ3) is 2.30. The molecule has 4 nitrogen and oxygen atoms in total. The van der Waals surface area contributed by atoms with Crippen molar-refractivity contribution in [3.63, 3.8) is 0 Å². The van der Waals surface area contributed by atoms with Gasteiger partial charge in [-0.2, -0.15) is 0 Å². The van der Waals surface area contributed by atoms with Crippen molar-refractivity contribution >= 4 is 28.4 Å². The highest BCUT2D eigenvalue weighted by atomic mass is 35.5. The Labute approximate surface area is 114 Å². The summed E-state index contributed by atoms with van der Waals surface area (Å²) in [6.07, 6.45) is 2.90. The third-order valence-electron chi connectivity index (χ3n) is 2.67. The van der Waals surface area contributed by atoms with Gasteiger partial charge in [0.25, 0.3) is 0 Å². The lowest BCUT2D eigenvalue weighted by molar-refractivity contribution is 0.103. The van der Waals surface area contributed by atoms with E-state index in [2.05, 4.69) is 15.0 Å². The molecule has 0 fully saturated rings. The van der Waals surface area contributed by atoms with Gasteiger partial charge in [0, 0.05) is 11.8 Å². The Morgan fingerprint density at radius 2 is 1.74 bits per heavy atom. The predicted octanol–water partition coefficient (Wildman–Crippen LogP) is 2.91. The Kier molecular flexibility index (Phi) is 2.93. The Balaban J connectivity index is 2.04. The molecule has 2 heterocycles. The summed E-state index contributed by atoms with van der Waals surface area (Å²) in [5.74, 6) is -0.220. The summed E-state index contributed by atoms with van der Waals surface area (Å²) in [7, 11) is 0. The second kappa shape index (κ2) is 4.74. The fourth-order valence-corrected chi connectivity index (χ4v) is 1.84. The molecule has 0 radical (unpaired) electrons. The van der Waals surface area contributed by atoms with Crippen LogP contribution in [0, 0.1) is 0 Å². The summed E-state index contributed by atoms with van der Waals surface area (Å²) < 4.78 is 0. The number of hydrogen-bond donors (Lipinski definition) is 0. The molecular formula is C14H8ClN3O. The highest BCUT2D eigenvalue weighted by Crippen LogP contribution is 2.13. The number of pyridine rings is 1. The van der Waals surface area contributed by atoms with Gasteiger partial charge >= 0.3 is 0 Å². The van der Waals surface area contributed by atoms with Gasteiger partial charge in [-0.05, 0) is 24.3 Å². The summed E-state index contributed by atoms with van der Waals surface area (Å²) in [4.78, 5) is 24.6. The van der Waals surface area contributed by atoms with Crippen molar-refractivity contribution in [1.29, 1.82) is 0 Å². The lowest BCUT2D eigenvalue weighted by Gasteiger charge is -2.01. The zero-order chi connectivity index (χ0) is 13.2. The van der Waals surface area contributed by atoms with Crippen LogP contribution in [0.25, 0.3) is 11.0 Å². The molecule has 0 atom stereocenters. The zero-order valence-electron chi connectivity index (χ0n) is 9.75. The van der Waals surface area contributed by atoms with Crippen LogP contribution >= 0.6 is 11.6 Å². The number of para-hydroxylation sites is 2. The lowest BCUT2D eigenvalue weighted by Crippen LogP contribution is -2.05. The van der Waals surface area contributed by atoms with Gasteiger partial charge in [-0.3, -0.25) is 9.78 Å². The second-order valence-electron chi connectivity index (χ2n) is 3.94. The monoisotopic (exact) mass is 269 g/mol. The number of carbonyl (C=O) groups is 1. The van der Waals surface area contributed by atoms with Crippen LogP contribution in [0.5, 0.6) is 0 Å². The molecular weight excluding hydrogens is 262 g/mol. The van der Waals surface area contributed by atoms with Crippen molar-refractivity contribution in [2.45, 2.75) is 0 Å². The van der Waals surface area contributed by atoms with E-state index in [1.807, 2.05) is 24.3 Å². The van der Waals surface area contributed by atoms with Gasteiger partial charge in [0.1, 0.15) is 10.8 Å². The van der Waals surface area contributed by atoms with E-state index in [1.54, 1.807) is 12.1 Å². The van der Waals surface area contributed by atoms with Gasteiger partial charge < -0.3 is 0 Å². The fourth-order valence-electron chi connectivity index (χ4n) is 1.72. The van der Waals surface area contributed by atoms with Gasteiger partial charge in [0.2, 0.25) is 5.78 Å². The molecule has 0 spiro atoms. The van der Waals surface area contributed by atoms with Crippen LogP contribution < -0.4 is 0 Å².